The monoisotopic (exact) mass is 389 g/mol. The first-order valence-electron chi connectivity index (χ1n) is 8.44. The Kier molecular flexibility index (Phi) is 4.32. The van der Waals surface area contributed by atoms with Gasteiger partial charge in [-0.05, 0) is 32.8 Å². The van der Waals surface area contributed by atoms with Gasteiger partial charge in [0.15, 0.2) is 5.65 Å². The highest BCUT2D eigenvalue weighted by Crippen LogP contribution is 2.40. The average molecular weight is 390 g/mol. The molecule has 1 N–H and O–H groups in total. The van der Waals surface area contributed by atoms with E-state index >= 15 is 0 Å². The standard InChI is InChI=1S/C18H17Cl2N5O/c1-9(2)25-17-12(7-22-25)11(5-15(23-17)10-3-4-10)18(26)24-16-6-13(19)14(20)8-21-16/h5-10H,3-4H2,1-2H3,(H,21,24,26). The number of pyridine rings is 2. The summed E-state index contributed by atoms with van der Waals surface area (Å²) in [4.78, 5) is 21.8. The van der Waals surface area contributed by atoms with Gasteiger partial charge in [0.25, 0.3) is 5.91 Å². The first-order valence-corrected chi connectivity index (χ1v) is 9.20. The van der Waals surface area contributed by atoms with E-state index in [-0.39, 0.29) is 11.9 Å². The maximum Gasteiger partial charge on any atom is 0.257 e. The number of halogens is 2. The fourth-order valence-corrected chi connectivity index (χ4v) is 3.11. The lowest BCUT2D eigenvalue weighted by atomic mass is 10.1. The van der Waals surface area contributed by atoms with Crippen LogP contribution < -0.4 is 5.32 Å². The molecule has 4 rings (SSSR count). The van der Waals surface area contributed by atoms with Gasteiger partial charge >= 0.3 is 0 Å². The van der Waals surface area contributed by atoms with Gasteiger partial charge in [-0.3, -0.25) is 4.79 Å². The van der Waals surface area contributed by atoms with Gasteiger partial charge in [0.2, 0.25) is 0 Å². The Bertz CT molecular complexity index is 1010. The van der Waals surface area contributed by atoms with E-state index in [0.717, 1.165) is 29.6 Å². The van der Waals surface area contributed by atoms with E-state index < -0.39 is 0 Å². The molecule has 1 fully saturated rings. The van der Waals surface area contributed by atoms with E-state index in [4.69, 9.17) is 28.2 Å². The van der Waals surface area contributed by atoms with Gasteiger partial charge in [-0.1, -0.05) is 23.2 Å². The van der Waals surface area contributed by atoms with Crippen LogP contribution >= 0.6 is 23.2 Å². The van der Waals surface area contributed by atoms with Gasteiger partial charge in [-0.25, -0.2) is 14.6 Å². The van der Waals surface area contributed by atoms with Crippen LogP contribution in [0.5, 0.6) is 0 Å². The number of aromatic nitrogens is 4. The van der Waals surface area contributed by atoms with E-state index in [1.54, 1.807) is 6.20 Å². The van der Waals surface area contributed by atoms with Crippen LogP contribution in [-0.2, 0) is 0 Å². The van der Waals surface area contributed by atoms with Crippen molar-refractivity contribution in [2.24, 2.45) is 0 Å². The van der Waals surface area contributed by atoms with Crippen molar-refractivity contribution in [2.45, 2.75) is 38.6 Å². The molecule has 0 unspecified atom stereocenters. The van der Waals surface area contributed by atoms with Crippen molar-refractivity contribution >= 4 is 46.0 Å². The summed E-state index contributed by atoms with van der Waals surface area (Å²) in [5.74, 6) is 0.497. The third-order valence-corrected chi connectivity index (χ3v) is 5.08. The van der Waals surface area contributed by atoms with Crippen molar-refractivity contribution in [3.63, 3.8) is 0 Å². The van der Waals surface area contributed by atoms with Crippen LogP contribution in [-0.4, -0.2) is 25.7 Å². The van der Waals surface area contributed by atoms with E-state index in [1.165, 1.54) is 12.3 Å². The minimum Gasteiger partial charge on any atom is -0.306 e. The normalized spacial score (nSPS) is 14.2. The molecular weight excluding hydrogens is 373 g/mol. The molecule has 1 saturated carbocycles. The predicted octanol–water partition coefficient (Wildman–Crippen LogP) is 4.84. The second kappa shape index (κ2) is 6.52. The number of fused-ring (bicyclic) bond motifs is 1. The van der Waals surface area contributed by atoms with Crippen molar-refractivity contribution < 1.29 is 4.79 Å². The molecule has 134 valence electrons. The lowest BCUT2D eigenvalue weighted by molar-refractivity contribution is 0.102. The summed E-state index contributed by atoms with van der Waals surface area (Å²) in [6.07, 6.45) is 5.30. The molecule has 3 heterocycles. The topological polar surface area (TPSA) is 72.7 Å². The van der Waals surface area contributed by atoms with Crippen LogP contribution in [0.25, 0.3) is 11.0 Å². The lowest BCUT2D eigenvalue weighted by Crippen LogP contribution is -2.14. The molecule has 0 bridgehead atoms. The highest BCUT2D eigenvalue weighted by atomic mass is 35.5. The van der Waals surface area contributed by atoms with Gasteiger partial charge < -0.3 is 5.32 Å². The molecule has 0 saturated heterocycles. The predicted molar refractivity (Wildman–Crippen MR) is 102 cm³/mol. The molecule has 3 aromatic heterocycles. The summed E-state index contributed by atoms with van der Waals surface area (Å²) in [6, 6.07) is 3.54. The second-order valence-corrected chi connectivity index (χ2v) is 7.54. The van der Waals surface area contributed by atoms with Gasteiger partial charge in [0, 0.05) is 29.9 Å². The zero-order valence-electron chi connectivity index (χ0n) is 14.3. The molecule has 26 heavy (non-hydrogen) atoms. The SMILES string of the molecule is CC(C)n1ncc2c(C(=O)Nc3cc(Cl)c(Cl)cn3)cc(C3CC3)nc21. The zero-order chi connectivity index (χ0) is 18.4. The second-order valence-electron chi connectivity index (χ2n) is 6.73. The number of hydrogen-bond acceptors (Lipinski definition) is 4. The molecule has 8 heteroatoms. The van der Waals surface area contributed by atoms with Crippen molar-refractivity contribution in [1.29, 1.82) is 0 Å². The molecule has 3 aromatic rings. The Morgan fingerprint density at radius 3 is 2.65 bits per heavy atom. The quantitative estimate of drug-likeness (QED) is 0.692. The van der Waals surface area contributed by atoms with Crippen LogP contribution in [0.3, 0.4) is 0 Å². The molecule has 0 aromatic carbocycles. The molecular formula is C18H17Cl2N5O. The van der Waals surface area contributed by atoms with Crippen LogP contribution in [0.15, 0.2) is 24.5 Å². The smallest absolute Gasteiger partial charge is 0.257 e. The summed E-state index contributed by atoms with van der Waals surface area (Å²) in [5, 5.41) is 8.59. The van der Waals surface area contributed by atoms with E-state index in [2.05, 4.69) is 15.4 Å². The van der Waals surface area contributed by atoms with Crippen LogP contribution in [0, 0.1) is 0 Å². The highest BCUT2D eigenvalue weighted by molar-refractivity contribution is 6.42. The molecule has 1 amide bonds. The van der Waals surface area contributed by atoms with Crippen LogP contribution in [0.1, 0.15) is 54.7 Å². The van der Waals surface area contributed by atoms with Crippen LogP contribution in [0.4, 0.5) is 5.82 Å². The fourth-order valence-electron chi connectivity index (χ4n) is 2.86. The summed E-state index contributed by atoms with van der Waals surface area (Å²) in [7, 11) is 0. The number of nitrogens with zero attached hydrogens (tertiary/aromatic N) is 4. The Hall–Kier alpha value is -2.18. The van der Waals surface area contributed by atoms with Gasteiger partial charge in [0.05, 0.1) is 27.2 Å². The fraction of sp³-hybridized carbons (Fsp3) is 0.333. The maximum atomic E-state index is 12.9. The number of rotatable bonds is 4. The third kappa shape index (κ3) is 3.15. The third-order valence-electron chi connectivity index (χ3n) is 4.37. The van der Waals surface area contributed by atoms with Gasteiger partial charge in [0.1, 0.15) is 5.82 Å². The minimum atomic E-state index is -0.270. The average Bonchev–Trinajstić information content (AvgIpc) is 3.36. The van der Waals surface area contributed by atoms with E-state index in [9.17, 15) is 4.79 Å². The lowest BCUT2D eigenvalue weighted by Gasteiger charge is -2.10. The number of amides is 1. The maximum absolute atomic E-state index is 12.9. The van der Waals surface area contributed by atoms with Crippen molar-refractivity contribution in [3.8, 4) is 0 Å². The Morgan fingerprint density at radius 2 is 2.00 bits per heavy atom. The molecule has 0 aliphatic heterocycles. The van der Waals surface area contributed by atoms with E-state index in [0.29, 0.717) is 27.3 Å². The Labute approximate surface area is 160 Å². The van der Waals surface area contributed by atoms with Gasteiger partial charge in [-0.2, -0.15) is 5.10 Å². The van der Waals surface area contributed by atoms with Gasteiger partial charge in [-0.15, -0.1) is 0 Å². The highest BCUT2D eigenvalue weighted by Gasteiger charge is 2.28. The molecule has 0 atom stereocenters. The van der Waals surface area contributed by atoms with E-state index in [1.807, 2.05) is 24.6 Å². The Morgan fingerprint density at radius 1 is 1.23 bits per heavy atom. The molecule has 0 spiro atoms. The summed E-state index contributed by atoms with van der Waals surface area (Å²) in [6.45, 7) is 4.08. The summed E-state index contributed by atoms with van der Waals surface area (Å²) >= 11 is 11.9. The molecule has 0 radical (unpaired) electrons. The first-order chi connectivity index (χ1) is 12.4. The summed E-state index contributed by atoms with van der Waals surface area (Å²) in [5.41, 5.74) is 2.21. The zero-order valence-corrected chi connectivity index (χ0v) is 15.8. The number of hydrogen-bond donors (Lipinski definition) is 1. The van der Waals surface area contributed by atoms with Crippen molar-refractivity contribution in [3.05, 3.63) is 45.8 Å². The number of carbonyl (C=O) groups is 1. The Balaban J connectivity index is 1.76. The molecule has 1 aliphatic rings. The molecule has 1 aliphatic carbocycles. The largest absolute Gasteiger partial charge is 0.306 e. The molecule has 6 nitrogen and oxygen atoms in total. The van der Waals surface area contributed by atoms with Crippen molar-refractivity contribution in [2.75, 3.05) is 5.32 Å². The number of carbonyl (C=O) groups excluding carboxylic acids is 1. The van der Waals surface area contributed by atoms with Crippen molar-refractivity contribution in [1.82, 2.24) is 19.7 Å². The first kappa shape index (κ1) is 17.2. The number of anilines is 1. The minimum absolute atomic E-state index is 0.155. The van der Waals surface area contributed by atoms with Crippen LogP contribution in [0.2, 0.25) is 10.0 Å². The summed E-state index contributed by atoms with van der Waals surface area (Å²) < 4.78 is 1.84. The number of nitrogens with one attached hydrogen (secondary N) is 1.